The van der Waals surface area contributed by atoms with E-state index < -0.39 is 6.10 Å². The minimum Gasteiger partial charge on any atom is -0.387 e. The van der Waals surface area contributed by atoms with Gasteiger partial charge < -0.3 is 14.6 Å². The Hall–Kier alpha value is -0.650. The monoisotopic (exact) mass is 325 g/mol. The van der Waals surface area contributed by atoms with Gasteiger partial charge in [0.1, 0.15) is 0 Å². The van der Waals surface area contributed by atoms with Crippen LogP contribution in [0, 0.1) is 0 Å². The largest absolute Gasteiger partial charge is 0.387 e. The Labute approximate surface area is 137 Å². The molecule has 2 fully saturated rings. The van der Waals surface area contributed by atoms with Gasteiger partial charge in [-0.05, 0) is 25.3 Å². The fourth-order valence-electron chi connectivity index (χ4n) is 3.65. The highest BCUT2D eigenvalue weighted by atomic mass is 35.5. The lowest BCUT2D eigenvalue weighted by molar-refractivity contribution is -0.120. The van der Waals surface area contributed by atoms with E-state index in [0.717, 1.165) is 38.0 Å². The lowest BCUT2D eigenvalue weighted by Crippen LogP contribution is -2.55. The van der Waals surface area contributed by atoms with Crippen LogP contribution >= 0.6 is 11.6 Å². The first-order valence-corrected chi connectivity index (χ1v) is 8.37. The summed E-state index contributed by atoms with van der Waals surface area (Å²) < 4.78 is 11.4. The average molecular weight is 326 g/mol. The predicted octanol–water partition coefficient (Wildman–Crippen LogP) is 2.64. The minimum absolute atomic E-state index is 0.263. The third-order valence-corrected chi connectivity index (χ3v) is 5.24. The summed E-state index contributed by atoms with van der Waals surface area (Å²) in [5.41, 5.74) is 0.798. The highest BCUT2D eigenvalue weighted by Crippen LogP contribution is 2.32. The van der Waals surface area contributed by atoms with Crippen LogP contribution in [0.3, 0.4) is 0 Å². The van der Waals surface area contributed by atoms with Crippen molar-refractivity contribution in [2.24, 2.45) is 0 Å². The number of morpholine rings is 1. The van der Waals surface area contributed by atoms with Crippen molar-refractivity contribution in [1.82, 2.24) is 4.90 Å². The van der Waals surface area contributed by atoms with E-state index in [1.165, 1.54) is 0 Å². The molecular formula is C17H24ClNO3. The molecule has 22 heavy (non-hydrogen) atoms. The van der Waals surface area contributed by atoms with Crippen LogP contribution in [0.4, 0.5) is 0 Å². The SMILES string of the molecule is COC1CCC2OCCN(CC(O)c3ccccc3Cl)C2C1. The number of aliphatic hydroxyl groups is 1. The molecule has 1 saturated carbocycles. The van der Waals surface area contributed by atoms with E-state index in [1.807, 2.05) is 24.3 Å². The zero-order valence-corrected chi connectivity index (χ0v) is 13.7. The lowest BCUT2D eigenvalue weighted by Gasteiger charge is -2.46. The number of rotatable bonds is 4. The molecule has 2 aliphatic rings. The number of aliphatic hydroxyl groups excluding tert-OH is 1. The molecule has 1 aromatic rings. The summed E-state index contributed by atoms with van der Waals surface area (Å²) in [6.07, 6.45) is 3.04. The Morgan fingerprint density at radius 3 is 3.00 bits per heavy atom. The first-order valence-electron chi connectivity index (χ1n) is 8.00. The molecule has 1 aliphatic heterocycles. The second-order valence-electron chi connectivity index (χ2n) is 6.18. The van der Waals surface area contributed by atoms with Crippen LogP contribution < -0.4 is 0 Å². The molecule has 1 aliphatic carbocycles. The van der Waals surface area contributed by atoms with E-state index in [9.17, 15) is 5.11 Å². The smallest absolute Gasteiger partial charge is 0.0931 e. The number of nitrogens with zero attached hydrogens (tertiary/aromatic N) is 1. The summed E-state index contributed by atoms with van der Waals surface area (Å²) in [5.74, 6) is 0. The van der Waals surface area contributed by atoms with E-state index in [-0.39, 0.29) is 6.10 Å². The topological polar surface area (TPSA) is 41.9 Å². The van der Waals surface area contributed by atoms with Gasteiger partial charge in [0, 0.05) is 36.8 Å². The normalized spacial score (nSPS) is 30.8. The second-order valence-corrected chi connectivity index (χ2v) is 6.59. The number of halogens is 1. The summed E-state index contributed by atoms with van der Waals surface area (Å²) in [6.45, 7) is 2.16. The van der Waals surface area contributed by atoms with Gasteiger partial charge in [0.25, 0.3) is 0 Å². The maximum atomic E-state index is 10.6. The molecule has 0 bridgehead atoms. The van der Waals surface area contributed by atoms with Gasteiger partial charge in [0.05, 0.1) is 24.9 Å². The summed E-state index contributed by atoms with van der Waals surface area (Å²) >= 11 is 6.20. The van der Waals surface area contributed by atoms with Crippen molar-refractivity contribution < 1.29 is 14.6 Å². The van der Waals surface area contributed by atoms with Crippen molar-refractivity contribution in [3.05, 3.63) is 34.9 Å². The Bertz CT molecular complexity index is 499. The molecule has 5 heteroatoms. The van der Waals surface area contributed by atoms with Crippen molar-refractivity contribution in [1.29, 1.82) is 0 Å². The Kier molecular flexibility index (Phi) is 5.37. The van der Waals surface area contributed by atoms with Crippen LogP contribution in [0.15, 0.2) is 24.3 Å². The first-order chi connectivity index (χ1) is 10.7. The van der Waals surface area contributed by atoms with E-state index in [1.54, 1.807) is 7.11 Å². The van der Waals surface area contributed by atoms with Crippen LogP contribution in [0.2, 0.25) is 5.02 Å². The summed E-state index contributed by atoms with van der Waals surface area (Å²) in [5, 5.41) is 11.2. The molecule has 1 N–H and O–H groups in total. The van der Waals surface area contributed by atoms with Crippen molar-refractivity contribution in [3.8, 4) is 0 Å². The predicted molar refractivity (Wildman–Crippen MR) is 86.2 cm³/mol. The minimum atomic E-state index is -0.574. The fourth-order valence-corrected chi connectivity index (χ4v) is 3.92. The van der Waals surface area contributed by atoms with Crippen LogP contribution in [0.1, 0.15) is 30.9 Å². The highest BCUT2D eigenvalue weighted by Gasteiger charge is 2.38. The van der Waals surface area contributed by atoms with Gasteiger partial charge in [-0.15, -0.1) is 0 Å². The van der Waals surface area contributed by atoms with Crippen LogP contribution in [0.25, 0.3) is 0 Å². The van der Waals surface area contributed by atoms with Gasteiger partial charge in [-0.3, -0.25) is 4.90 Å². The molecule has 4 atom stereocenters. The zero-order chi connectivity index (χ0) is 15.5. The summed E-state index contributed by atoms with van der Waals surface area (Å²) in [7, 11) is 1.78. The van der Waals surface area contributed by atoms with Crippen LogP contribution in [0.5, 0.6) is 0 Å². The number of ether oxygens (including phenoxy) is 2. The lowest BCUT2D eigenvalue weighted by atomic mass is 9.87. The number of β-amino-alcohol motifs (C(OH)–C–C–N with tert-alkyl or cyclic N) is 1. The molecular weight excluding hydrogens is 302 g/mol. The van der Waals surface area contributed by atoms with Gasteiger partial charge in [-0.25, -0.2) is 0 Å². The fraction of sp³-hybridized carbons (Fsp3) is 0.647. The maximum Gasteiger partial charge on any atom is 0.0931 e. The van der Waals surface area contributed by atoms with Gasteiger partial charge in [0.2, 0.25) is 0 Å². The highest BCUT2D eigenvalue weighted by molar-refractivity contribution is 6.31. The van der Waals surface area contributed by atoms with E-state index in [0.29, 0.717) is 23.7 Å². The number of benzene rings is 1. The first kappa shape index (κ1) is 16.2. The third-order valence-electron chi connectivity index (χ3n) is 4.89. The van der Waals surface area contributed by atoms with Crippen molar-refractivity contribution >= 4 is 11.6 Å². The molecule has 0 radical (unpaired) electrons. The van der Waals surface area contributed by atoms with E-state index in [4.69, 9.17) is 21.1 Å². The van der Waals surface area contributed by atoms with Crippen molar-refractivity contribution in [2.45, 2.75) is 43.6 Å². The average Bonchev–Trinajstić information content (AvgIpc) is 2.55. The van der Waals surface area contributed by atoms with Crippen molar-refractivity contribution in [2.75, 3.05) is 26.8 Å². The van der Waals surface area contributed by atoms with Gasteiger partial charge in [0.15, 0.2) is 0 Å². The molecule has 1 heterocycles. The van der Waals surface area contributed by atoms with Gasteiger partial charge in [-0.1, -0.05) is 29.8 Å². The zero-order valence-electron chi connectivity index (χ0n) is 13.0. The second kappa shape index (κ2) is 7.28. The van der Waals surface area contributed by atoms with Crippen molar-refractivity contribution in [3.63, 3.8) is 0 Å². The Morgan fingerprint density at radius 1 is 1.41 bits per heavy atom. The summed E-state index contributed by atoms with van der Waals surface area (Å²) in [6, 6.07) is 7.83. The number of hydrogen-bond acceptors (Lipinski definition) is 4. The molecule has 0 aromatic heterocycles. The maximum absolute atomic E-state index is 10.6. The van der Waals surface area contributed by atoms with Crippen LogP contribution in [-0.4, -0.2) is 55.1 Å². The molecule has 3 rings (SSSR count). The van der Waals surface area contributed by atoms with E-state index >= 15 is 0 Å². The van der Waals surface area contributed by atoms with Gasteiger partial charge >= 0.3 is 0 Å². The van der Waals surface area contributed by atoms with Crippen LogP contribution in [-0.2, 0) is 9.47 Å². The molecule has 4 nitrogen and oxygen atoms in total. The molecule has 4 unspecified atom stereocenters. The molecule has 122 valence electrons. The molecule has 0 spiro atoms. The molecule has 0 amide bonds. The Morgan fingerprint density at radius 2 is 2.23 bits per heavy atom. The molecule has 1 saturated heterocycles. The number of methoxy groups -OCH3 is 1. The Balaban J connectivity index is 1.69. The number of hydrogen-bond donors (Lipinski definition) is 1. The standard InChI is InChI=1S/C17H24ClNO3/c1-21-12-6-7-17-15(10-12)19(8-9-22-17)11-16(20)13-4-2-3-5-14(13)18/h2-5,12,15-17,20H,6-11H2,1H3. The quantitative estimate of drug-likeness (QED) is 0.924. The molecule has 1 aromatic carbocycles. The van der Waals surface area contributed by atoms with E-state index in [2.05, 4.69) is 4.90 Å². The number of fused-ring (bicyclic) bond motifs is 1. The summed E-state index contributed by atoms with van der Waals surface area (Å²) in [4.78, 5) is 2.34. The van der Waals surface area contributed by atoms with Gasteiger partial charge in [-0.2, -0.15) is 0 Å². The third kappa shape index (κ3) is 3.47.